The van der Waals surface area contributed by atoms with E-state index >= 15 is 0 Å². The van der Waals surface area contributed by atoms with Gasteiger partial charge in [0.05, 0.1) is 19.3 Å². The molecule has 3 aromatic rings. The lowest BCUT2D eigenvalue weighted by Gasteiger charge is -2.25. The second-order valence-electron chi connectivity index (χ2n) is 6.69. The lowest BCUT2D eigenvalue weighted by molar-refractivity contribution is 0.0900. The van der Waals surface area contributed by atoms with Crippen LogP contribution >= 0.6 is 0 Å². The summed E-state index contributed by atoms with van der Waals surface area (Å²) in [4.78, 5) is 12.3. The fraction of sp³-hybridized carbons (Fsp3) is 0.238. The van der Waals surface area contributed by atoms with E-state index in [0.29, 0.717) is 18.8 Å². The molecule has 138 valence electrons. The van der Waals surface area contributed by atoms with Crippen LogP contribution in [-0.2, 0) is 6.54 Å². The van der Waals surface area contributed by atoms with Gasteiger partial charge in [-0.05, 0) is 30.7 Å². The third-order valence-corrected chi connectivity index (χ3v) is 4.71. The Balaban J connectivity index is 1.60. The highest BCUT2D eigenvalue weighted by atomic mass is 16.5. The number of hydrogen-bond acceptors (Lipinski definition) is 4. The average molecular weight is 362 g/mol. The van der Waals surface area contributed by atoms with Crippen molar-refractivity contribution in [2.45, 2.75) is 19.6 Å². The Morgan fingerprint density at radius 2 is 2.07 bits per heavy atom. The Kier molecular flexibility index (Phi) is 4.64. The fourth-order valence-electron chi connectivity index (χ4n) is 3.31. The van der Waals surface area contributed by atoms with Gasteiger partial charge in [0.15, 0.2) is 0 Å². The Morgan fingerprint density at radius 1 is 1.22 bits per heavy atom. The molecule has 0 spiro atoms. The minimum atomic E-state index is -0.106. The number of aryl methyl sites for hydroxylation is 1. The highest BCUT2D eigenvalue weighted by molar-refractivity contribution is 5.94. The van der Waals surface area contributed by atoms with E-state index in [0.717, 1.165) is 17.0 Å². The number of carbonyl (C=O) groups excluding carboxylic acids is 1. The molecule has 2 N–H and O–H groups in total. The standard InChI is InChI=1S/C21H22N4O2/c1-14-5-3-6-15(9-14)12-22-20-13-23-21(26)19-11-18(24-25(19)20)16-7-4-8-17(10-16)27-2/h3-11,20,22H,12-13H2,1-2H3,(H,23,26)/t20-/m0/s1. The zero-order valence-corrected chi connectivity index (χ0v) is 15.4. The van der Waals surface area contributed by atoms with Crippen molar-refractivity contribution in [1.82, 2.24) is 20.4 Å². The van der Waals surface area contributed by atoms with Crippen molar-refractivity contribution in [3.8, 4) is 17.0 Å². The van der Waals surface area contributed by atoms with Crippen LogP contribution in [0.5, 0.6) is 5.75 Å². The molecule has 0 unspecified atom stereocenters. The van der Waals surface area contributed by atoms with Crippen molar-refractivity contribution in [3.05, 3.63) is 71.4 Å². The summed E-state index contributed by atoms with van der Waals surface area (Å²) in [5.74, 6) is 0.655. The molecular formula is C21H22N4O2. The van der Waals surface area contributed by atoms with E-state index in [4.69, 9.17) is 9.84 Å². The first kappa shape index (κ1) is 17.3. The number of aromatic nitrogens is 2. The maximum absolute atomic E-state index is 12.3. The molecule has 0 saturated heterocycles. The maximum atomic E-state index is 12.3. The lowest BCUT2D eigenvalue weighted by Crippen LogP contribution is -2.45. The topological polar surface area (TPSA) is 68.2 Å². The van der Waals surface area contributed by atoms with Gasteiger partial charge in [-0.25, -0.2) is 4.68 Å². The predicted octanol–water partition coefficient (Wildman–Crippen LogP) is 2.90. The number of fused-ring (bicyclic) bond motifs is 1. The lowest BCUT2D eigenvalue weighted by atomic mass is 10.1. The van der Waals surface area contributed by atoms with E-state index in [1.807, 2.05) is 30.3 Å². The van der Waals surface area contributed by atoms with E-state index < -0.39 is 0 Å². The molecule has 0 saturated carbocycles. The Labute approximate surface area is 158 Å². The Morgan fingerprint density at radius 3 is 2.89 bits per heavy atom. The summed E-state index contributed by atoms with van der Waals surface area (Å²) in [6.45, 7) is 3.28. The SMILES string of the molecule is COc1cccc(-c2cc3n(n2)[C@H](NCc2cccc(C)c2)CNC3=O)c1. The maximum Gasteiger partial charge on any atom is 0.269 e. The van der Waals surface area contributed by atoms with Crippen molar-refractivity contribution < 1.29 is 9.53 Å². The highest BCUT2D eigenvalue weighted by Crippen LogP contribution is 2.26. The molecule has 0 radical (unpaired) electrons. The van der Waals surface area contributed by atoms with Crippen LogP contribution in [0.4, 0.5) is 0 Å². The average Bonchev–Trinajstić information content (AvgIpc) is 3.14. The molecule has 1 aliphatic rings. The van der Waals surface area contributed by atoms with Crippen LogP contribution in [0.15, 0.2) is 54.6 Å². The molecule has 2 heterocycles. The largest absolute Gasteiger partial charge is 0.497 e. The molecule has 2 aromatic carbocycles. The summed E-state index contributed by atoms with van der Waals surface area (Å²) in [7, 11) is 1.63. The zero-order chi connectivity index (χ0) is 18.8. The smallest absolute Gasteiger partial charge is 0.269 e. The first-order valence-electron chi connectivity index (χ1n) is 8.95. The number of nitrogens with one attached hydrogen (secondary N) is 2. The van der Waals surface area contributed by atoms with Gasteiger partial charge < -0.3 is 10.1 Å². The molecule has 1 atom stereocenters. The van der Waals surface area contributed by atoms with Crippen LogP contribution in [-0.4, -0.2) is 29.3 Å². The van der Waals surface area contributed by atoms with Crippen LogP contribution in [0, 0.1) is 6.92 Å². The third kappa shape index (κ3) is 3.57. The van der Waals surface area contributed by atoms with Gasteiger partial charge in [0.1, 0.15) is 17.6 Å². The summed E-state index contributed by atoms with van der Waals surface area (Å²) in [6.07, 6.45) is -0.0995. The Bertz CT molecular complexity index is 980. The van der Waals surface area contributed by atoms with Crippen molar-refractivity contribution in [1.29, 1.82) is 0 Å². The number of ether oxygens (including phenoxy) is 1. The second kappa shape index (κ2) is 7.25. The van der Waals surface area contributed by atoms with Gasteiger partial charge in [-0.2, -0.15) is 5.10 Å². The molecule has 0 fully saturated rings. The zero-order valence-electron chi connectivity index (χ0n) is 15.4. The van der Waals surface area contributed by atoms with Gasteiger partial charge in [-0.15, -0.1) is 0 Å². The van der Waals surface area contributed by atoms with Crippen LogP contribution < -0.4 is 15.4 Å². The number of hydrogen-bond donors (Lipinski definition) is 2. The summed E-state index contributed by atoms with van der Waals surface area (Å²) >= 11 is 0. The van der Waals surface area contributed by atoms with Crippen molar-refractivity contribution >= 4 is 5.91 Å². The van der Waals surface area contributed by atoms with Crippen LogP contribution in [0.1, 0.15) is 27.8 Å². The quantitative estimate of drug-likeness (QED) is 0.732. The molecule has 1 aromatic heterocycles. The van der Waals surface area contributed by atoms with Gasteiger partial charge in [-0.1, -0.05) is 42.0 Å². The van der Waals surface area contributed by atoms with Crippen molar-refractivity contribution in [3.63, 3.8) is 0 Å². The van der Waals surface area contributed by atoms with Crippen LogP contribution in [0.25, 0.3) is 11.3 Å². The second-order valence-corrected chi connectivity index (χ2v) is 6.69. The number of carbonyl (C=O) groups is 1. The normalized spacial score (nSPS) is 15.9. The number of nitrogens with zero attached hydrogens (tertiary/aromatic N) is 2. The van der Waals surface area contributed by atoms with E-state index in [-0.39, 0.29) is 12.1 Å². The van der Waals surface area contributed by atoms with E-state index in [1.165, 1.54) is 11.1 Å². The molecule has 27 heavy (non-hydrogen) atoms. The predicted molar refractivity (Wildman–Crippen MR) is 104 cm³/mol. The minimum absolute atomic E-state index is 0.0995. The molecule has 1 aliphatic heterocycles. The van der Waals surface area contributed by atoms with Gasteiger partial charge in [0, 0.05) is 12.1 Å². The number of methoxy groups -OCH3 is 1. The van der Waals surface area contributed by atoms with Gasteiger partial charge in [0.2, 0.25) is 0 Å². The van der Waals surface area contributed by atoms with E-state index in [9.17, 15) is 4.79 Å². The first-order valence-corrected chi connectivity index (χ1v) is 8.95. The third-order valence-electron chi connectivity index (χ3n) is 4.71. The molecule has 0 aliphatic carbocycles. The van der Waals surface area contributed by atoms with Gasteiger partial charge in [0.25, 0.3) is 5.91 Å². The van der Waals surface area contributed by atoms with Crippen molar-refractivity contribution in [2.75, 3.05) is 13.7 Å². The van der Waals surface area contributed by atoms with Crippen LogP contribution in [0.3, 0.4) is 0 Å². The molecule has 4 rings (SSSR count). The molecule has 0 bridgehead atoms. The highest BCUT2D eigenvalue weighted by Gasteiger charge is 2.27. The summed E-state index contributed by atoms with van der Waals surface area (Å²) in [5, 5.41) is 11.1. The molecular weight excluding hydrogens is 340 g/mol. The van der Waals surface area contributed by atoms with E-state index in [2.05, 4.69) is 41.8 Å². The fourth-order valence-corrected chi connectivity index (χ4v) is 3.31. The van der Waals surface area contributed by atoms with Gasteiger partial charge >= 0.3 is 0 Å². The summed E-state index contributed by atoms with van der Waals surface area (Å²) in [5.41, 5.74) is 4.66. The van der Waals surface area contributed by atoms with Crippen LogP contribution in [0.2, 0.25) is 0 Å². The molecule has 6 heteroatoms. The van der Waals surface area contributed by atoms with Gasteiger partial charge in [-0.3, -0.25) is 10.1 Å². The molecule has 6 nitrogen and oxygen atoms in total. The summed E-state index contributed by atoms with van der Waals surface area (Å²) in [6, 6.07) is 17.9. The summed E-state index contributed by atoms with van der Waals surface area (Å²) < 4.78 is 7.07. The number of benzene rings is 2. The molecule has 1 amide bonds. The Hall–Kier alpha value is -3.12. The number of rotatable bonds is 5. The van der Waals surface area contributed by atoms with Crippen molar-refractivity contribution in [2.24, 2.45) is 0 Å². The number of amides is 1. The minimum Gasteiger partial charge on any atom is -0.497 e. The first-order chi connectivity index (χ1) is 13.1. The monoisotopic (exact) mass is 362 g/mol. The van der Waals surface area contributed by atoms with E-state index in [1.54, 1.807) is 11.8 Å².